The Morgan fingerprint density at radius 3 is 3.00 bits per heavy atom. The summed E-state index contributed by atoms with van der Waals surface area (Å²) in [5.41, 5.74) is 0. The van der Waals surface area contributed by atoms with Crippen LogP contribution in [0.2, 0.25) is 0 Å². The van der Waals surface area contributed by atoms with Gasteiger partial charge in [0, 0.05) is 44.1 Å². The Kier molecular flexibility index (Phi) is 5.16. The predicted octanol–water partition coefficient (Wildman–Crippen LogP) is 0.873. The lowest BCUT2D eigenvalue weighted by Gasteiger charge is -2.27. The third-order valence-electron chi connectivity index (χ3n) is 3.30. The van der Waals surface area contributed by atoms with Crippen LogP contribution in [-0.4, -0.2) is 50.1 Å². The summed E-state index contributed by atoms with van der Waals surface area (Å²) in [6.45, 7) is 7.93. The molecule has 1 aromatic heterocycles. The van der Waals surface area contributed by atoms with Crippen LogP contribution in [0.25, 0.3) is 0 Å². The number of amides is 1. The standard InChI is InChI=1S/C13H21N3OS/c1-11(12-3-2-10-18-12)13(17)15-6-9-16-7-4-14-5-8-16/h2-3,10-11,14H,4-9H2,1H3,(H,15,17). The van der Waals surface area contributed by atoms with E-state index in [-0.39, 0.29) is 11.8 Å². The zero-order valence-corrected chi connectivity index (χ0v) is 11.6. The summed E-state index contributed by atoms with van der Waals surface area (Å²) >= 11 is 1.64. The second-order valence-corrected chi connectivity index (χ2v) is 5.60. The highest BCUT2D eigenvalue weighted by Gasteiger charge is 2.16. The van der Waals surface area contributed by atoms with E-state index in [9.17, 15) is 4.79 Å². The van der Waals surface area contributed by atoms with Crippen LogP contribution >= 0.6 is 11.3 Å². The highest BCUT2D eigenvalue weighted by Crippen LogP contribution is 2.20. The monoisotopic (exact) mass is 267 g/mol. The summed E-state index contributed by atoms with van der Waals surface area (Å²) in [7, 11) is 0. The molecule has 1 aromatic rings. The van der Waals surface area contributed by atoms with Crippen molar-refractivity contribution in [3.8, 4) is 0 Å². The van der Waals surface area contributed by atoms with Gasteiger partial charge in [0.2, 0.25) is 5.91 Å². The van der Waals surface area contributed by atoms with Gasteiger partial charge in [0.15, 0.2) is 0 Å². The average molecular weight is 267 g/mol. The van der Waals surface area contributed by atoms with E-state index in [1.165, 1.54) is 0 Å². The molecule has 2 rings (SSSR count). The lowest BCUT2D eigenvalue weighted by Crippen LogP contribution is -2.46. The number of carbonyl (C=O) groups is 1. The van der Waals surface area contributed by atoms with Gasteiger partial charge < -0.3 is 10.6 Å². The minimum Gasteiger partial charge on any atom is -0.354 e. The van der Waals surface area contributed by atoms with Crippen molar-refractivity contribution in [2.75, 3.05) is 39.3 Å². The van der Waals surface area contributed by atoms with Crippen LogP contribution in [0, 0.1) is 0 Å². The third-order valence-corrected chi connectivity index (χ3v) is 4.36. The Morgan fingerprint density at radius 2 is 2.33 bits per heavy atom. The minimum atomic E-state index is -0.0342. The van der Waals surface area contributed by atoms with Crippen LogP contribution in [0.15, 0.2) is 17.5 Å². The van der Waals surface area contributed by atoms with E-state index < -0.39 is 0 Å². The molecular formula is C13H21N3OS. The van der Waals surface area contributed by atoms with Gasteiger partial charge in [-0.2, -0.15) is 0 Å². The smallest absolute Gasteiger partial charge is 0.228 e. The fourth-order valence-corrected chi connectivity index (χ4v) is 2.87. The predicted molar refractivity (Wildman–Crippen MR) is 75.1 cm³/mol. The number of nitrogens with zero attached hydrogens (tertiary/aromatic N) is 1. The maximum Gasteiger partial charge on any atom is 0.228 e. The lowest BCUT2D eigenvalue weighted by atomic mass is 10.1. The Balaban J connectivity index is 1.68. The lowest BCUT2D eigenvalue weighted by molar-refractivity contribution is -0.122. The summed E-state index contributed by atoms with van der Waals surface area (Å²) in [4.78, 5) is 15.5. The number of hydrogen-bond acceptors (Lipinski definition) is 4. The van der Waals surface area contributed by atoms with E-state index in [0.717, 1.165) is 44.1 Å². The van der Waals surface area contributed by atoms with Gasteiger partial charge in [-0.05, 0) is 18.4 Å². The van der Waals surface area contributed by atoms with Crippen LogP contribution in [0.4, 0.5) is 0 Å². The van der Waals surface area contributed by atoms with Crippen molar-refractivity contribution < 1.29 is 4.79 Å². The molecule has 1 atom stereocenters. The zero-order valence-electron chi connectivity index (χ0n) is 10.8. The maximum atomic E-state index is 11.9. The molecule has 1 aliphatic heterocycles. The van der Waals surface area contributed by atoms with E-state index in [2.05, 4.69) is 15.5 Å². The van der Waals surface area contributed by atoms with Crippen LogP contribution in [0.5, 0.6) is 0 Å². The van der Waals surface area contributed by atoms with Gasteiger partial charge in [0.1, 0.15) is 0 Å². The number of carbonyl (C=O) groups excluding carboxylic acids is 1. The first-order valence-electron chi connectivity index (χ1n) is 6.51. The quantitative estimate of drug-likeness (QED) is 0.832. The Labute approximate surface area is 112 Å². The van der Waals surface area contributed by atoms with Crippen molar-refractivity contribution in [3.63, 3.8) is 0 Å². The first-order chi connectivity index (χ1) is 8.77. The van der Waals surface area contributed by atoms with Gasteiger partial charge in [0.05, 0.1) is 5.92 Å². The van der Waals surface area contributed by atoms with Gasteiger partial charge in [-0.15, -0.1) is 11.3 Å². The normalized spacial score (nSPS) is 18.5. The second kappa shape index (κ2) is 6.87. The summed E-state index contributed by atoms with van der Waals surface area (Å²) in [6.07, 6.45) is 0. The van der Waals surface area contributed by atoms with E-state index in [1.807, 2.05) is 24.4 Å². The number of piperazine rings is 1. The molecule has 100 valence electrons. The van der Waals surface area contributed by atoms with Crippen molar-refractivity contribution in [1.29, 1.82) is 0 Å². The highest BCUT2D eigenvalue weighted by atomic mass is 32.1. The van der Waals surface area contributed by atoms with Gasteiger partial charge >= 0.3 is 0 Å². The summed E-state index contributed by atoms with van der Waals surface area (Å²) in [5.74, 6) is 0.0978. The van der Waals surface area contributed by atoms with Crippen LogP contribution in [0.1, 0.15) is 17.7 Å². The minimum absolute atomic E-state index is 0.0342. The fraction of sp³-hybridized carbons (Fsp3) is 0.615. The van der Waals surface area contributed by atoms with Gasteiger partial charge in [-0.3, -0.25) is 9.69 Å². The highest BCUT2D eigenvalue weighted by molar-refractivity contribution is 7.10. The van der Waals surface area contributed by atoms with Crippen molar-refractivity contribution in [1.82, 2.24) is 15.5 Å². The van der Waals surface area contributed by atoms with Crippen molar-refractivity contribution >= 4 is 17.2 Å². The molecule has 1 amide bonds. The number of nitrogens with one attached hydrogen (secondary N) is 2. The fourth-order valence-electron chi connectivity index (χ4n) is 2.09. The number of thiophene rings is 1. The molecule has 0 saturated carbocycles. The molecule has 18 heavy (non-hydrogen) atoms. The molecule has 0 aliphatic carbocycles. The number of hydrogen-bond donors (Lipinski definition) is 2. The first-order valence-corrected chi connectivity index (χ1v) is 7.39. The number of rotatable bonds is 5. The molecule has 0 radical (unpaired) electrons. The molecule has 5 heteroatoms. The molecule has 0 aromatic carbocycles. The molecule has 1 unspecified atom stereocenters. The molecule has 2 N–H and O–H groups in total. The molecule has 4 nitrogen and oxygen atoms in total. The van der Waals surface area contributed by atoms with Crippen LogP contribution < -0.4 is 10.6 Å². The van der Waals surface area contributed by atoms with Gasteiger partial charge in [0.25, 0.3) is 0 Å². The largest absolute Gasteiger partial charge is 0.354 e. The molecule has 1 fully saturated rings. The zero-order chi connectivity index (χ0) is 12.8. The average Bonchev–Trinajstić information content (AvgIpc) is 2.93. The molecule has 1 aliphatic rings. The Bertz CT molecular complexity index is 360. The Hall–Kier alpha value is -0.910. The maximum absolute atomic E-state index is 11.9. The Morgan fingerprint density at radius 1 is 1.56 bits per heavy atom. The third kappa shape index (κ3) is 3.80. The molecule has 1 saturated heterocycles. The topological polar surface area (TPSA) is 44.4 Å². The van der Waals surface area contributed by atoms with Crippen LogP contribution in [-0.2, 0) is 4.79 Å². The van der Waals surface area contributed by atoms with E-state index in [4.69, 9.17) is 0 Å². The van der Waals surface area contributed by atoms with E-state index in [1.54, 1.807) is 11.3 Å². The second-order valence-electron chi connectivity index (χ2n) is 4.62. The van der Waals surface area contributed by atoms with Crippen LogP contribution in [0.3, 0.4) is 0 Å². The molecular weight excluding hydrogens is 246 g/mol. The van der Waals surface area contributed by atoms with Crippen molar-refractivity contribution in [2.24, 2.45) is 0 Å². The van der Waals surface area contributed by atoms with E-state index in [0.29, 0.717) is 0 Å². The van der Waals surface area contributed by atoms with E-state index >= 15 is 0 Å². The summed E-state index contributed by atoms with van der Waals surface area (Å²) in [5, 5.41) is 8.36. The van der Waals surface area contributed by atoms with Crippen molar-refractivity contribution in [3.05, 3.63) is 22.4 Å². The summed E-state index contributed by atoms with van der Waals surface area (Å²) < 4.78 is 0. The van der Waals surface area contributed by atoms with Gasteiger partial charge in [-0.25, -0.2) is 0 Å². The summed E-state index contributed by atoms with van der Waals surface area (Å²) in [6, 6.07) is 4.01. The SMILES string of the molecule is CC(C(=O)NCCN1CCNCC1)c1cccs1. The molecule has 2 heterocycles. The molecule has 0 bridgehead atoms. The first kappa shape index (κ1) is 13.5. The van der Waals surface area contributed by atoms with Crippen molar-refractivity contribution in [2.45, 2.75) is 12.8 Å². The molecule has 0 spiro atoms. The van der Waals surface area contributed by atoms with Gasteiger partial charge in [-0.1, -0.05) is 6.07 Å².